The smallest absolute Gasteiger partial charge is 0.122 e. The van der Waals surface area contributed by atoms with Gasteiger partial charge in [0.05, 0.1) is 5.69 Å². The normalized spacial score (nSPS) is 10.8. The second kappa shape index (κ2) is 7.19. The lowest BCUT2D eigenvalue weighted by molar-refractivity contribution is 0.261. The molecule has 1 rings (SSSR count). The van der Waals surface area contributed by atoms with Crippen LogP contribution in [0.5, 0.6) is 5.75 Å². The summed E-state index contributed by atoms with van der Waals surface area (Å²) in [5.74, 6) is 0.893. The van der Waals surface area contributed by atoms with E-state index in [4.69, 9.17) is 4.74 Å². The van der Waals surface area contributed by atoms with Crippen molar-refractivity contribution >= 4 is 0 Å². The quantitative estimate of drug-likeness (QED) is 0.752. The Labute approximate surface area is 97.6 Å². The van der Waals surface area contributed by atoms with Crippen LogP contribution in [0.15, 0.2) is 18.3 Å². The van der Waals surface area contributed by atoms with E-state index in [9.17, 15) is 0 Å². The molecule has 0 amide bonds. The molecular formula is C12H21N3O. The maximum atomic E-state index is 5.63. The number of pyridine rings is 1. The molecule has 0 unspecified atom stereocenters. The number of likely N-dealkylation sites (N-methyl/N-ethyl adjacent to an activating group) is 1. The lowest BCUT2D eigenvalue weighted by Crippen LogP contribution is -2.19. The fraction of sp³-hybridized carbons (Fsp3) is 0.583. The summed E-state index contributed by atoms with van der Waals surface area (Å²) in [6.07, 6.45) is 1.79. The van der Waals surface area contributed by atoms with Gasteiger partial charge >= 0.3 is 0 Å². The molecule has 0 saturated heterocycles. The van der Waals surface area contributed by atoms with E-state index in [1.165, 1.54) is 0 Å². The van der Waals surface area contributed by atoms with E-state index in [-0.39, 0.29) is 0 Å². The molecule has 1 heterocycles. The van der Waals surface area contributed by atoms with Gasteiger partial charge in [-0.25, -0.2) is 0 Å². The summed E-state index contributed by atoms with van der Waals surface area (Å²) in [6.45, 7) is 5.45. The number of rotatable bonds is 7. The highest BCUT2D eigenvalue weighted by Gasteiger charge is 1.98. The number of nitrogens with zero attached hydrogens (tertiary/aromatic N) is 2. The van der Waals surface area contributed by atoms with Crippen LogP contribution in [0.1, 0.15) is 12.6 Å². The molecular weight excluding hydrogens is 202 g/mol. The molecule has 0 atom stereocenters. The van der Waals surface area contributed by atoms with Gasteiger partial charge < -0.3 is 15.0 Å². The fourth-order valence-electron chi connectivity index (χ4n) is 1.24. The zero-order valence-electron chi connectivity index (χ0n) is 10.4. The average Bonchev–Trinajstić information content (AvgIpc) is 2.26. The SMILES string of the molecule is CCNCc1cc(OCCN(C)C)ccn1. The Hall–Kier alpha value is -1.13. The Kier molecular flexibility index (Phi) is 5.82. The standard InChI is InChI=1S/C12H21N3O/c1-4-13-10-11-9-12(5-6-14-11)16-8-7-15(2)3/h5-6,9,13H,4,7-8,10H2,1-3H3. The molecule has 0 aliphatic rings. The van der Waals surface area contributed by atoms with Gasteiger partial charge in [-0.2, -0.15) is 0 Å². The van der Waals surface area contributed by atoms with Crippen molar-refractivity contribution in [3.05, 3.63) is 24.0 Å². The molecule has 4 nitrogen and oxygen atoms in total. The molecule has 0 aliphatic carbocycles. The van der Waals surface area contributed by atoms with Crippen LogP contribution < -0.4 is 10.1 Å². The molecule has 0 bridgehead atoms. The van der Waals surface area contributed by atoms with Crippen molar-refractivity contribution in [3.8, 4) is 5.75 Å². The van der Waals surface area contributed by atoms with Gasteiger partial charge in [-0.05, 0) is 26.7 Å². The first-order valence-corrected chi connectivity index (χ1v) is 5.65. The van der Waals surface area contributed by atoms with Crippen LogP contribution in [0.25, 0.3) is 0 Å². The van der Waals surface area contributed by atoms with Gasteiger partial charge in [0.25, 0.3) is 0 Å². The maximum absolute atomic E-state index is 5.63. The summed E-state index contributed by atoms with van der Waals surface area (Å²) >= 11 is 0. The summed E-state index contributed by atoms with van der Waals surface area (Å²) in [5, 5.41) is 3.24. The largest absolute Gasteiger partial charge is 0.492 e. The Morgan fingerprint density at radius 3 is 2.94 bits per heavy atom. The van der Waals surface area contributed by atoms with Crippen molar-refractivity contribution in [3.63, 3.8) is 0 Å². The van der Waals surface area contributed by atoms with Crippen molar-refractivity contribution < 1.29 is 4.74 Å². The summed E-state index contributed by atoms with van der Waals surface area (Å²) < 4.78 is 5.63. The predicted octanol–water partition coefficient (Wildman–Crippen LogP) is 1.13. The van der Waals surface area contributed by atoms with Crippen LogP contribution in [0.3, 0.4) is 0 Å². The van der Waals surface area contributed by atoms with E-state index in [2.05, 4.69) is 22.1 Å². The molecule has 1 aromatic heterocycles. The minimum Gasteiger partial charge on any atom is -0.492 e. The number of hydrogen-bond acceptors (Lipinski definition) is 4. The minimum absolute atomic E-state index is 0.706. The predicted molar refractivity (Wildman–Crippen MR) is 65.7 cm³/mol. The van der Waals surface area contributed by atoms with Crippen LogP contribution in [0.4, 0.5) is 0 Å². The third-order valence-electron chi connectivity index (χ3n) is 2.15. The van der Waals surface area contributed by atoms with Gasteiger partial charge in [0.2, 0.25) is 0 Å². The van der Waals surface area contributed by atoms with Gasteiger partial charge in [0.15, 0.2) is 0 Å². The number of ether oxygens (including phenoxy) is 1. The van der Waals surface area contributed by atoms with Crippen LogP contribution >= 0.6 is 0 Å². The molecule has 90 valence electrons. The van der Waals surface area contributed by atoms with Crippen molar-refractivity contribution in [1.82, 2.24) is 15.2 Å². The Balaban J connectivity index is 2.40. The summed E-state index contributed by atoms with van der Waals surface area (Å²) in [4.78, 5) is 6.37. The van der Waals surface area contributed by atoms with Crippen LogP contribution in [0.2, 0.25) is 0 Å². The highest BCUT2D eigenvalue weighted by atomic mass is 16.5. The zero-order chi connectivity index (χ0) is 11.8. The van der Waals surface area contributed by atoms with Gasteiger partial charge in [0, 0.05) is 25.4 Å². The second-order valence-corrected chi connectivity index (χ2v) is 3.91. The lowest BCUT2D eigenvalue weighted by atomic mass is 10.3. The van der Waals surface area contributed by atoms with Gasteiger partial charge in [-0.15, -0.1) is 0 Å². The third-order valence-corrected chi connectivity index (χ3v) is 2.15. The second-order valence-electron chi connectivity index (χ2n) is 3.91. The minimum atomic E-state index is 0.706. The van der Waals surface area contributed by atoms with Crippen molar-refractivity contribution in [2.24, 2.45) is 0 Å². The number of nitrogens with one attached hydrogen (secondary N) is 1. The van der Waals surface area contributed by atoms with Crippen LogP contribution in [-0.2, 0) is 6.54 Å². The van der Waals surface area contributed by atoms with Crippen molar-refractivity contribution in [2.45, 2.75) is 13.5 Å². The molecule has 16 heavy (non-hydrogen) atoms. The van der Waals surface area contributed by atoms with E-state index < -0.39 is 0 Å². The Bertz CT molecular complexity index is 302. The molecule has 1 N–H and O–H groups in total. The molecule has 0 fully saturated rings. The van der Waals surface area contributed by atoms with Crippen LogP contribution in [-0.4, -0.2) is 43.7 Å². The summed E-state index contributed by atoms with van der Waals surface area (Å²) in [5.41, 5.74) is 1.02. The van der Waals surface area contributed by atoms with Gasteiger partial charge in [-0.3, -0.25) is 4.98 Å². The first kappa shape index (κ1) is 12.9. The Morgan fingerprint density at radius 2 is 2.25 bits per heavy atom. The highest BCUT2D eigenvalue weighted by Crippen LogP contribution is 2.10. The molecule has 0 aliphatic heterocycles. The summed E-state index contributed by atoms with van der Waals surface area (Å²) in [6, 6.07) is 3.88. The van der Waals surface area contributed by atoms with E-state index in [0.29, 0.717) is 6.61 Å². The van der Waals surface area contributed by atoms with E-state index >= 15 is 0 Å². The van der Waals surface area contributed by atoms with Crippen molar-refractivity contribution in [1.29, 1.82) is 0 Å². The molecule has 4 heteroatoms. The van der Waals surface area contributed by atoms with E-state index in [1.807, 2.05) is 26.2 Å². The first-order valence-electron chi connectivity index (χ1n) is 5.65. The monoisotopic (exact) mass is 223 g/mol. The fourth-order valence-corrected chi connectivity index (χ4v) is 1.24. The van der Waals surface area contributed by atoms with Gasteiger partial charge in [-0.1, -0.05) is 6.92 Å². The Morgan fingerprint density at radius 1 is 1.44 bits per heavy atom. The third kappa shape index (κ3) is 5.09. The molecule has 0 aromatic carbocycles. The topological polar surface area (TPSA) is 37.4 Å². The average molecular weight is 223 g/mol. The molecule has 0 saturated carbocycles. The van der Waals surface area contributed by atoms with E-state index in [1.54, 1.807) is 6.20 Å². The first-order chi connectivity index (χ1) is 7.72. The maximum Gasteiger partial charge on any atom is 0.122 e. The molecule has 0 spiro atoms. The van der Waals surface area contributed by atoms with Crippen LogP contribution in [0, 0.1) is 0 Å². The van der Waals surface area contributed by atoms with Gasteiger partial charge in [0.1, 0.15) is 12.4 Å². The number of aromatic nitrogens is 1. The highest BCUT2D eigenvalue weighted by molar-refractivity contribution is 5.22. The molecule has 0 radical (unpaired) electrons. The number of hydrogen-bond donors (Lipinski definition) is 1. The molecule has 1 aromatic rings. The summed E-state index contributed by atoms with van der Waals surface area (Å²) in [7, 11) is 4.07. The lowest BCUT2D eigenvalue weighted by Gasteiger charge is -2.11. The van der Waals surface area contributed by atoms with Crippen molar-refractivity contribution in [2.75, 3.05) is 33.8 Å². The van der Waals surface area contributed by atoms with E-state index in [0.717, 1.165) is 31.1 Å². The zero-order valence-corrected chi connectivity index (χ0v) is 10.4.